The second-order valence-electron chi connectivity index (χ2n) is 7.23. The minimum Gasteiger partial charge on any atom is -0.465 e. The molecule has 1 amide bonds. The quantitative estimate of drug-likeness (QED) is 0.526. The molecule has 0 saturated heterocycles. The number of benzene rings is 3. The van der Waals surface area contributed by atoms with Gasteiger partial charge in [0.1, 0.15) is 0 Å². The Kier molecular flexibility index (Phi) is 6.95. The molecule has 0 bridgehead atoms. The van der Waals surface area contributed by atoms with Crippen LogP contribution < -0.4 is 10.0 Å². The molecular formula is C24H24N2O5S. The van der Waals surface area contributed by atoms with Gasteiger partial charge in [-0.15, -0.1) is 0 Å². The third-order valence-corrected chi connectivity index (χ3v) is 6.35. The Labute approximate surface area is 187 Å². The molecule has 166 valence electrons. The highest BCUT2D eigenvalue weighted by atomic mass is 32.2. The molecule has 0 radical (unpaired) electrons. The lowest BCUT2D eigenvalue weighted by Crippen LogP contribution is -2.28. The van der Waals surface area contributed by atoms with E-state index in [0.29, 0.717) is 5.56 Å². The van der Waals surface area contributed by atoms with Crippen LogP contribution in [0, 0.1) is 6.92 Å². The van der Waals surface area contributed by atoms with E-state index in [1.807, 2.05) is 37.3 Å². The molecule has 7 nitrogen and oxygen atoms in total. The smallest absolute Gasteiger partial charge is 0.338 e. The molecule has 0 aliphatic rings. The molecule has 0 spiro atoms. The molecule has 0 fully saturated rings. The van der Waals surface area contributed by atoms with Crippen molar-refractivity contribution in [2.75, 3.05) is 11.8 Å². The lowest BCUT2D eigenvalue weighted by Gasteiger charge is -2.17. The van der Waals surface area contributed by atoms with Crippen LogP contribution in [0.5, 0.6) is 0 Å². The lowest BCUT2D eigenvalue weighted by atomic mass is 10.1. The molecule has 3 aromatic carbocycles. The molecule has 2 N–H and O–H groups in total. The number of methoxy groups -OCH3 is 1. The van der Waals surface area contributed by atoms with Crippen molar-refractivity contribution < 1.29 is 22.7 Å². The molecule has 0 heterocycles. The summed E-state index contributed by atoms with van der Waals surface area (Å²) in [6.45, 7) is 3.53. The molecule has 1 unspecified atom stereocenters. The van der Waals surface area contributed by atoms with Crippen LogP contribution in [0.15, 0.2) is 77.7 Å². The maximum atomic E-state index is 13.0. The highest BCUT2D eigenvalue weighted by Gasteiger charge is 2.22. The monoisotopic (exact) mass is 452 g/mol. The third-order valence-electron chi connectivity index (χ3n) is 4.99. The molecule has 0 aromatic heterocycles. The Morgan fingerprint density at radius 1 is 0.906 bits per heavy atom. The van der Waals surface area contributed by atoms with Crippen LogP contribution in [0.3, 0.4) is 0 Å². The lowest BCUT2D eigenvalue weighted by molar-refractivity contribution is 0.0599. The number of ether oxygens (including phenoxy) is 1. The van der Waals surface area contributed by atoms with Gasteiger partial charge in [-0.1, -0.05) is 48.5 Å². The van der Waals surface area contributed by atoms with Crippen LogP contribution in [0.1, 0.15) is 44.8 Å². The molecule has 0 aliphatic carbocycles. The second-order valence-corrected chi connectivity index (χ2v) is 8.91. The first-order valence-corrected chi connectivity index (χ1v) is 11.4. The van der Waals surface area contributed by atoms with Crippen molar-refractivity contribution in [3.63, 3.8) is 0 Å². The third kappa shape index (κ3) is 5.15. The summed E-state index contributed by atoms with van der Waals surface area (Å²) in [6, 6.07) is 19.7. The SMILES string of the molecule is COC(=O)c1cc(S(=O)(=O)Nc2ccccc2C(=O)NC(C)c2ccccc2)ccc1C. The van der Waals surface area contributed by atoms with Gasteiger partial charge in [-0.2, -0.15) is 0 Å². The highest BCUT2D eigenvalue weighted by molar-refractivity contribution is 7.92. The van der Waals surface area contributed by atoms with Crippen molar-refractivity contribution in [2.45, 2.75) is 24.8 Å². The van der Waals surface area contributed by atoms with E-state index in [2.05, 4.69) is 10.0 Å². The topological polar surface area (TPSA) is 102 Å². The zero-order valence-corrected chi connectivity index (χ0v) is 18.8. The Morgan fingerprint density at radius 2 is 1.56 bits per heavy atom. The number of nitrogens with one attached hydrogen (secondary N) is 2. The Bertz CT molecular complexity index is 1240. The van der Waals surface area contributed by atoms with Gasteiger partial charge in [0.2, 0.25) is 0 Å². The molecule has 3 aromatic rings. The predicted molar refractivity (Wildman–Crippen MR) is 122 cm³/mol. The summed E-state index contributed by atoms with van der Waals surface area (Å²) in [6.07, 6.45) is 0. The molecule has 8 heteroatoms. The minimum absolute atomic E-state index is 0.114. The van der Waals surface area contributed by atoms with Crippen molar-refractivity contribution in [2.24, 2.45) is 0 Å². The zero-order valence-electron chi connectivity index (χ0n) is 18.0. The number of hydrogen-bond donors (Lipinski definition) is 2. The minimum atomic E-state index is -4.07. The molecule has 1 atom stereocenters. The van der Waals surface area contributed by atoms with Gasteiger partial charge < -0.3 is 10.1 Å². The van der Waals surface area contributed by atoms with Crippen LogP contribution in [-0.2, 0) is 14.8 Å². The van der Waals surface area contributed by atoms with Gasteiger partial charge in [0.25, 0.3) is 15.9 Å². The maximum Gasteiger partial charge on any atom is 0.338 e. The van der Waals surface area contributed by atoms with E-state index in [1.165, 1.54) is 31.4 Å². The molecule has 3 rings (SSSR count). The highest BCUT2D eigenvalue weighted by Crippen LogP contribution is 2.23. The van der Waals surface area contributed by atoms with Crippen LogP contribution in [0.4, 0.5) is 5.69 Å². The summed E-state index contributed by atoms with van der Waals surface area (Å²) in [5.74, 6) is -1.05. The normalized spacial score (nSPS) is 12.0. The standard InChI is InChI=1S/C24H24N2O5S/c1-16-13-14-19(15-21(16)24(28)31-3)32(29,30)26-22-12-8-7-11-20(22)23(27)25-17(2)18-9-5-4-6-10-18/h4-15,17,26H,1-3H3,(H,25,27). The number of carbonyl (C=O) groups excluding carboxylic acids is 2. The van der Waals surface area contributed by atoms with Crippen molar-refractivity contribution in [1.82, 2.24) is 5.32 Å². The van der Waals surface area contributed by atoms with E-state index in [-0.39, 0.29) is 27.8 Å². The number of rotatable bonds is 7. The molecule has 0 aliphatic heterocycles. The van der Waals surface area contributed by atoms with Gasteiger partial charge in [0, 0.05) is 0 Å². The van der Waals surface area contributed by atoms with Gasteiger partial charge in [0.15, 0.2) is 0 Å². The van der Waals surface area contributed by atoms with Crippen molar-refractivity contribution in [3.05, 3.63) is 95.1 Å². The first-order valence-electron chi connectivity index (χ1n) is 9.89. The number of hydrogen-bond acceptors (Lipinski definition) is 5. The average Bonchev–Trinajstić information content (AvgIpc) is 2.79. The first-order chi connectivity index (χ1) is 15.2. The Morgan fingerprint density at radius 3 is 2.25 bits per heavy atom. The van der Waals surface area contributed by atoms with Crippen molar-refractivity contribution in [1.29, 1.82) is 0 Å². The van der Waals surface area contributed by atoms with Crippen LogP contribution in [0.2, 0.25) is 0 Å². The number of aryl methyl sites for hydroxylation is 1. The summed E-state index contributed by atoms with van der Waals surface area (Å²) < 4.78 is 33.2. The Hall–Kier alpha value is -3.65. The summed E-state index contributed by atoms with van der Waals surface area (Å²) in [4.78, 5) is 24.7. The fourth-order valence-corrected chi connectivity index (χ4v) is 4.28. The van der Waals surface area contributed by atoms with Crippen LogP contribution >= 0.6 is 0 Å². The largest absolute Gasteiger partial charge is 0.465 e. The summed E-state index contributed by atoms with van der Waals surface area (Å²) in [7, 11) is -2.84. The summed E-state index contributed by atoms with van der Waals surface area (Å²) >= 11 is 0. The zero-order chi connectivity index (χ0) is 23.3. The van der Waals surface area contributed by atoms with E-state index >= 15 is 0 Å². The number of para-hydroxylation sites is 1. The number of carbonyl (C=O) groups is 2. The second kappa shape index (κ2) is 9.65. The van der Waals surface area contributed by atoms with Gasteiger partial charge in [-0.25, -0.2) is 13.2 Å². The van der Waals surface area contributed by atoms with E-state index < -0.39 is 21.9 Å². The van der Waals surface area contributed by atoms with Crippen LogP contribution in [-0.4, -0.2) is 27.4 Å². The predicted octanol–water partition coefficient (Wildman–Crippen LogP) is 4.07. The van der Waals surface area contributed by atoms with E-state index in [4.69, 9.17) is 4.74 Å². The molecular weight excluding hydrogens is 428 g/mol. The molecule has 0 saturated carbocycles. The van der Waals surface area contributed by atoms with Gasteiger partial charge in [-0.05, 0) is 49.2 Å². The van der Waals surface area contributed by atoms with Crippen LogP contribution in [0.25, 0.3) is 0 Å². The van der Waals surface area contributed by atoms with Gasteiger partial charge >= 0.3 is 5.97 Å². The number of amides is 1. The average molecular weight is 453 g/mol. The first kappa shape index (κ1) is 23.0. The summed E-state index contributed by atoms with van der Waals surface area (Å²) in [5, 5.41) is 2.88. The summed E-state index contributed by atoms with van der Waals surface area (Å²) in [5.41, 5.74) is 1.97. The van der Waals surface area contributed by atoms with Crippen molar-refractivity contribution in [3.8, 4) is 0 Å². The van der Waals surface area contributed by atoms with E-state index in [0.717, 1.165) is 5.56 Å². The fraction of sp³-hybridized carbons (Fsp3) is 0.167. The number of sulfonamides is 1. The van der Waals surface area contributed by atoms with Gasteiger partial charge in [0.05, 0.1) is 34.9 Å². The number of esters is 1. The molecule has 32 heavy (non-hydrogen) atoms. The maximum absolute atomic E-state index is 13.0. The van der Waals surface area contributed by atoms with Gasteiger partial charge in [-0.3, -0.25) is 9.52 Å². The van der Waals surface area contributed by atoms with Crippen molar-refractivity contribution >= 4 is 27.6 Å². The van der Waals surface area contributed by atoms with E-state index in [1.54, 1.807) is 25.1 Å². The Balaban J connectivity index is 1.87. The fourth-order valence-electron chi connectivity index (χ4n) is 3.17. The number of anilines is 1. The van der Waals surface area contributed by atoms with E-state index in [9.17, 15) is 18.0 Å².